The lowest BCUT2D eigenvalue weighted by Crippen LogP contribution is -2.30. The molecule has 5 heteroatoms. The molecule has 2 aliphatic rings. The van der Waals surface area contributed by atoms with Crippen LogP contribution in [0.1, 0.15) is 47.7 Å². The number of hydrogen-bond acceptors (Lipinski definition) is 4. The number of esters is 1. The van der Waals surface area contributed by atoms with Crippen LogP contribution in [0.15, 0.2) is 42.5 Å². The Balaban J connectivity index is 1.52. The Morgan fingerprint density at radius 1 is 0.966 bits per heavy atom. The molecule has 2 amide bonds. The molecule has 1 aliphatic heterocycles. The molecule has 0 N–H and O–H groups in total. The molecule has 2 aromatic carbocycles. The highest BCUT2D eigenvalue weighted by molar-refractivity contribution is 6.22. The topological polar surface area (TPSA) is 63.7 Å². The van der Waals surface area contributed by atoms with E-state index in [4.69, 9.17) is 4.74 Å². The SMILES string of the molecule is Cc1cccc(OC(=O)c2ccc(N3C(=O)[C@H]4C[C@H](C)CC[C@H]4C3=O)cc2)c1C. The Hall–Kier alpha value is -2.95. The highest BCUT2D eigenvalue weighted by atomic mass is 16.5. The second-order valence-electron chi connectivity index (χ2n) is 8.28. The maximum atomic E-state index is 12.8. The van der Waals surface area contributed by atoms with Gasteiger partial charge in [-0.1, -0.05) is 19.1 Å². The first-order valence-corrected chi connectivity index (χ1v) is 10.1. The first kappa shape index (κ1) is 19.4. The summed E-state index contributed by atoms with van der Waals surface area (Å²) in [6, 6.07) is 12.1. The standard InChI is InChI=1S/C24H25NO4/c1-14-7-12-19-20(13-14)23(27)25(22(19)26)18-10-8-17(9-11-18)24(28)29-21-6-4-5-15(2)16(21)3/h4-6,8-11,14,19-20H,7,12-13H2,1-3H3/t14-,19-,20+/m1/s1. The normalized spacial score (nSPS) is 23.8. The van der Waals surface area contributed by atoms with Gasteiger partial charge in [0.05, 0.1) is 23.1 Å². The molecule has 1 heterocycles. The Bertz CT molecular complexity index is 979. The summed E-state index contributed by atoms with van der Waals surface area (Å²) < 4.78 is 5.52. The molecule has 1 saturated carbocycles. The fourth-order valence-corrected chi connectivity index (χ4v) is 4.38. The van der Waals surface area contributed by atoms with E-state index < -0.39 is 5.97 Å². The highest BCUT2D eigenvalue weighted by Gasteiger charge is 2.49. The molecule has 1 saturated heterocycles. The van der Waals surface area contributed by atoms with E-state index in [0.717, 1.165) is 30.4 Å². The summed E-state index contributed by atoms with van der Waals surface area (Å²) in [5.41, 5.74) is 2.86. The smallest absolute Gasteiger partial charge is 0.343 e. The second kappa shape index (κ2) is 7.47. The Morgan fingerprint density at radius 2 is 1.66 bits per heavy atom. The van der Waals surface area contributed by atoms with E-state index in [-0.39, 0.29) is 23.7 Å². The Kier molecular flexibility index (Phi) is 4.99. The number of nitrogens with zero attached hydrogens (tertiary/aromatic N) is 1. The maximum absolute atomic E-state index is 12.8. The predicted octanol–water partition coefficient (Wildman–Crippen LogP) is 4.45. The van der Waals surface area contributed by atoms with Crippen LogP contribution >= 0.6 is 0 Å². The molecule has 3 atom stereocenters. The molecule has 1 aliphatic carbocycles. The largest absolute Gasteiger partial charge is 0.423 e. The monoisotopic (exact) mass is 391 g/mol. The fraction of sp³-hybridized carbons (Fsp3) is 0.375. The molecule has 0 radical (unpaired) electrons. The number of carbonyl (C=O) groups is 3. The van der Waals surface area contributed by atoms with Crippen LogP contribution in [0.4, 0.5) is 5.69 Å². The van der Waals surface area contributed by atoms with Crippen LogP contribution < -0.4 is 9.64 Å². The Labute approximate surface area is 170 Å². The maximum Gasteiger partial charge on any atom is 0.343 e. The third-order valence-electron chi connectivity index (χ3n) is 6.31. The van der Waals surface area contributed by atoms with Crippen LogP contribution in [0.2, 0.25) is 0 Å². The van der Waals surface area contributed by atoms with E-state index in [1.54, 1.807) is 30.3 Å². The summed E-state index contributed by atoms with van der Waals surface area (Å²) in [5.74, 6) is -0.105. The summed E-state index contributed by atoms with van der Waals surface area (Å²) in [6.07, 6.45) is 2.52. The van der Waals surface area contributed by atoms with Crippen molar-refractivity contribution in [2.24, 2.45) is 17.8 Å². The van der Waals surface area contributed by atoms with Gasteiger partial charge in [-0.15, -0.1) is 0 Å². The summed E-state index contributed by atoms with van der Waals surface area (Å²) >= 11 is 0. The number of rotatable bonds is 3. The molecule has 4 rings (SSSR count). The minimum atomic E-state index is -0.466. The molecule has 0 aromatic heterocycles. The Morgan fingerprint density at radius 3 is 2.38 bits per heavy atom. The third kappa shape index (κ3) is 3.46. The van der Waals surface area contributed by atoms with Gasteiger partial charge in [0.25, 0.3) is 0 Å². The van der Waals surface area contributed by atoms with Gasteiger partial charge in [-0.2, -0.15) is 0 Å². The summed E-state index contributed by atoms with van der Waals surface area (Å²) in [7, 11) is 0. The predicted molar refractivity (Wildman–Crippen MR) is 110 cm³/mol. The fourth-order valence-electron chi connectivity index (χ4n) is 4.38. The van der Waals surface area contributed by atoms with Gasteiger partial charge in [0.1, 0.15) is 5.75 Å². The number of amides is 2. The van der Waals surface area contributed by atoms with Crippen LogP contribution in [-0.4, -0.2) is 17.8 Å². The third-order valence-corrected chi connectivity index (χ3v) is 6.31. The van der Waals surface area contributed by atoms with Crippen LogP contribution in [0.25, 0.3) is 0 Å². The molecule has 29 heavy (non-hydrogen) atoms. The zero-order valence-electron chi connectivity index (χ0n) is 17.0. The first-order chi connectivity index (χ1) is 13.9. The first-order valence-electron chi connectivity index (χ1n) is 10.1. The van der Waals surface area contributed by atoms with E-state index in [0.29, 0.717) is 22.9 Å². The van der Waals surface area contributed by atoms with Crippen molar-refractivity contribution < 1.29 is 19.1 Å². The molecular weight excluding hydrogens is 366 g/mol. The summed E-state index contributed by atoms with van der Waals surface area (Å²) in [4.78, 5) is 39.4. The lowest BCUT2D eigenvalue weighted by Gasteiger charge is -2.25. The average Bonchev–Trinajstić information content (AvgIpc) is 2.95. The molecule has 2 aromatic rings. The number of ether oxygens (including phenoxy) is 1. The van der Waals surface area contributed by atoms with Crippen LogP contribution in [0.5, 0.6) is 5.75 Å². The molecule has 5 nitrogen and oxygen atoms in total. The van der Waals surface area contributed by atoms with Crippen molar-refractivity contribution in [1.82, 2.24) is 0 Å². The molecule has 0 spiro atoms. The van der Waals surface area contributed by atoms with E-state index in [9.17, 15) is 14.4 Å². The minimum absolute atomic E-state index is 0.113. The van der Waals surface area contributed by atoms with Gasteiger partial charge < -0.3 is 4.74 Å². The number of imide groups is 1. The quantitative estimate of drug-likeness (QED) is 0.441. The average molecular weight is 391 g/mol. The lowest BCUT2D eigenvalue weighted by molar-refractivity contribution is -0.122. The van der Waals surface area contributed by atoms with Crippen LogP contribution in [0.3, 0.4) is 0 Å². The van der Waals surface area contributed by atoms with Crippen LogP contribution in [0, 0.1) is 31.6 Å². The van der Waals surface area contributed by atoms with Crippen molar-refractivity contribution in [2.45, 2.75) is 40.0 Å². The lowest BCUT2D eigenvalue weighted by atomic mass is 9.76. The molecule has 0 unspecified atom stereocenters. The van der Waals surface area contributed by atoms with Crippen LogP contribution in [-0.2, 0) is 9.59 Å². The van der Waals surface area contributed by atoms with Crippen molar-refractivity contribution in [1.29, 1.82) is 0 Å². The van der Waals surface area contributed by atoms with E-state index in [1.807, 2.05) is 26.0 Å². The van der Waals surface area contributed by atoms with Gasteiger partial charge in [0.15, 0.2) is 0 Å². The zero-order chi connectivity index (χ0) is 20.7. The van der Waals surface area contributed by atoms with Crippen molar-refractivity contribution in [3.63, 3.8) is 0 Å². The summed E-state index contributed by atoms with van der Waals surface area (Å²) in [5, 5.41) is 0. The van der Waals surface area contributed by atoms with Crippen molar-refractivity contribution in [3.05, 3.63) is 59.2 Å². The van der Waals surface area contributed by atoms with Crippen molar-refractivity contribution in [3.8, 4) is 5.75 Å². The number of anilines is 1. The van der Waals surface area contributed by atoms with Crippen molar-refractivity contribution in [2.75, 3.05) is 4.90 Å². The summed E-state index contributed by atoms with van der Waals surface area (Å²) in [6.45, 7) is 6.00. The van der Waals surface area contributed by atoms with Gasteiger partial charge in [0, 0.05) is 0 Å². The number of fused-ring (bicyclic) bond motifs is 1. The number of benzene rings is 2. The number of aryl methyl sites for hydroxylation is 1. The molecule has 150 valence electrons. The van der Waals surface area contributed by atoms with E-state index in [1.165, 1.54) is 4.90 Å². The van der Waals surface area contributed by atoms with E-state index in [2.05, 4.69) is 6.92 Å². The second-order valence-corrected chi connectivity index (χ2v) is 8.28. The number of carbonyl (C=O) groups excluding carboxylic acids is 3. The van der Waals surface area contributed by atoms with Gasteiger partial charge >= 0.3 is 5.97 Å². The molecule has 0 bridgehead atoms. The van der Waals surface area contributed by atoms with Gasteiger partial charge in [-0.3, -0.25) is 14.5 Å². The minimum Gasteiger partial charge on any atom is -0.423 e. The highest BCUT2D eigenvalue weighted by Crippen LogP contribution is 2.42. The van der Waals surface area contributed by atoms with Gasteiger partial charge in [0.2, 0.25) is 11.8 Å². The van der Waals surface area contributed by atoms with Gasteiger partial charge in [-0.25, -0.2) is 4.79 Å². The van der Waals surface area contributed by atoms with E-state index >= 15 is 0 Å². The number of hydrogen-bond donors (Lipinski definition) is 0. The molecule has 2 fully saturated rings. The van der Waals surface area contributed by atoms with Gasteiger partial charge in [-0.05, 0) is 80.5 Å². The zero-order valence-corrected chi connectivity index (χ0v) is 17.0. The van der Waals surface area contributed by atoms with Crippen molar-refractivity contribution >= 4 is 23.5 Å². The molecular formula is C24H25NO4.